The minimum atomic E-state index is 0.242. The Hall–Kier alpha value is -3.42. The zero-order valence-electron chi connectivity index (χ0n) is 16.7. The second-order valence-corrected chi connectivity index (χ2v) is 6.78. The maximum atomic E-state index is 5.78. The molecule has 0 amide bonds. The molecule has 0 aromatic carbocycles. The van der Waals surface area contributed by atoms with Crippen molar-refractivity contribution in [1.29, 1.82) is 0 Å². The van der Waals surface area contributed by atoms with Gasteiger partial charge in [-0.1, -0.05) is 6.92 Å². The standard InChI is InChI=1S/C21H23N5O3/c1-13(15-4-6-22-16-5-7-29-20(15)16)10-23-19-9-17(25-12-26-19)14-8-18(27-2)21(28-3)24-11-14/h4,6,8-9,11-13H,5,7,10H2,1-3H3,(H,23,25,26)/t13-/m1/s1. The fraction of sp³-hybridized carbons (Fsp3) is 0.333. The van der Waals surface area contributed by atoms with E-state index in [4.69, 9.17) is 14.2 Å². The molecule has 0 fully saturated rings. The van der Waals surface area contributed by atoms with E-state index in [1.54, 1.807) is 20.4 Å². The Morgan fingerprint density at radius 2 is 2.03 bits per heavy atom. The Morgan fingerprint density at radius 3 is 2.86 bits per heavy atom. The molecule has 1 aliphatic heterocycles. The Bertz CT molecular complexity index is 1010. The molecular weight excluding hydrogens is 370 g/mol. The monoisotopic (exact) mass is 393 g/mol. The van der Waals surface area contributed by atoms with Gasteiger partial charge in [0.05, 0.1) is 32.2 Å². The number of aromatic nitrogens is 4. The summed E-state index contributed by atoms with van der Waals surface area (Å²) in [5.41, 5.74) is 3.77. The summed E-state index contributed by atoms with van der Waals surface area (Å²) in [5.74, 6) is 2.90. The summed E-state index contributed by atoms with van der Waals surface area (Å²) in [5, 5.41) is 3.39. The summed E-state index contributed by atoms with van der Waals surface area (Å²) in [6, 6.07) is 5.76. The average molecular weight is 393 g/mol. The third-order valence-electron chi connectivity index (χ3n) is 4.91. The van der Waals surface area contributed by atoms with E-state index in [-0.39, 0.29) is 5.92 Å². The number of anilines is 1. The van der Waals surface area contributed by atoms with Gasteiger partial charge in [0.1, 0.15) is 17.9 Å². The number of ether oxygens (including phenoxy) is 3. The largest absolute Gasteiger partial charge is 0.491 e. The van der Waals surface area contributed by atoms with Crippen LogP contribution >= 0.6 is 0 Å². The zero-order chi connectivity index (χ0) is 20.2. The maximum absolute atomic E-state index is 5.78. The van der Waals surface area contributed by atoms with Gasteiger partial charge in [0.25, 0.3) is 5.88 Å². The molecular formula is C21H23N5O3. The van der Waals surface area contributed by atoms with Crippen LogP contribution in [0.1, 0.15) is 24.1 Å². The SMILES string of the molecule is COc1cc(-c2cc(NC[C@@H](C)c3ccnc4c3OCC4)ncn2)cnc1OC. The van der Waals surface area contributed by atoms with Crippen LogP contribution in [-0.2, 0) is 6.42 Å². The summed E-state index contributed by atoms with van der Waals surface area (Å²) in [6.45, 7) is 3.57. The quantitative estimate of drug-likeness (QED) is 0.655. The van der Waals surface area contributed by atoms with Crippen molar-refractivity contribution in [2.24, 2.45) is 0 Å². The van der Waals surface area contributed by atoms with E-state index in [0.717, 1.165) is 34.9 Å². The van der Waals surface area contributed by atoms with Crippen LogP contribution in [0, 0.1) is 0 Å². The lowest BCUT2D eigenvalue weighted by Crippen LogP contribution is -2.12. The molecule has 150 valence electrons. The average Bonchev–Trinajstić information content (AvgIpc) is 3.26. The van der Waals surface area contributed by atoms with Crippen LogP contribution in [0.3, 0.4) is 0 Å². The molecule has 0 unspecified atom stereocenters. The zero-order valence-corrected chi connectivity index (χ0v) is 16.7. The van der Waals surface area contributed by atoms with Crippen LogP contribution in [0.4, 0.5) is 5.82 Å². The van der Waals surface area contributed by atoms with E-state index in [2.05, 4.69) is 32.2 Å². The Kier molecular flexibility index (Phi) is 5.41. The highest BCUT2D eigenvalue weighted by atomic mass is 16.5. The molecule has 3 aromatic rings. The van der Waals surface area contributed by atoms with E-state index < -0.39 is 0 Å². The first-order valence-electron chi connectivity index (χ1n) is 9.44. The van der Waals surface area contributed by atoms with Gasteiger partial charge in [-0.3, -0.25) is 4.98 Å². The minimum Gasteiger partial charge on any atom is -0.491 e. The second-order valence-electron chi connectivity index (χ2n) is 6.78. The third-order valence-corrected chi connectivity index (χ3v) is 4.91. The number of hydrogen-bond acceptors (Lipinski definition) is 8. The van der Waals surface area contributed by atoms with Gasteiger partial charge in [-0.15, -0.1) is 0 Å². The molecule has 3 aromatic heterocycles. The van der Waals surface area contributed by atoms with Crippen LogP contribution < -0.4 is 19.5 Å². The maximum Gasteiger partial charge on any atom is 0.256 e. The molecule has 1 aliphatic rings. The highest BCUT2D eigenvalue weighted by molar-refractivity contribution is 5.64. The first kappa shape index (κ1) is 18.9. The smallest absolute Gasteiger partial charge is 0.256 e. The number of methoxy groups -OCH3 is 2. The van der Waals surface area contributed by atoms with Crippen molar-refractivity contribution in [1.82, 2.24) is 19.9 Å². The van der Waals surface area contributed by atoms with Gasteiger partial charge in [-0.05, 0) is 12.1 Å². The molecule has 0 bridgehead atoms. The van der Waals surface area contributed by atoms with E-state index in [1.165, 1.54) is 11.9 Å². The number of hydrogen-bond donors (Lipinski definition) is 1. The molecule has 8 nitrogen and oxygen atoms in total. The summed E-state index contributed by atoms with van der Waals surface area (Å²) in [4.78, 5) is 17.4. The predicted octanol–water partition coefficient (Wildman–Crippen LogP) is 3.10. The summed E-state index contributed by atoms with van der Waals surface area (Å²) in [7, 11) is 3.14. The van der Waals surface area contributed by atoms with Crippen LogP contribution in [0.15, 0.2) is 36.9 Å². The number of nitrogens with zero attached hydrogens (tertiary/aromatic N) is 4. The highest BCUT2D eigenvalue weighted by Gasteiger charge is 2.21. The van der Waals surface area contributed by atoms with Gasteiger partial charge in [0, 0.05) is 48.5 Å². The predicted molar refractivity (Wildman–Crippen MR) is 109 cm³/mol. The molecule has 0 spiro atoms. The van der Waals surface area contributed by atoms with Crippen molar-refractivity contribution < 1.29 is 14.2 Å². The number of rotatable bonds is 7. The summed E-state index contributed by atoms with van der Waals surface area (Å²) in [6.07, 6.45) is 5.96. The van der Waals surface area contributed by atoms with Crippen LogP contribution in [-0.4, -0.2) is 47.3 Å². The fourth-order valence-electron chi connectivity index (χ4n) is 3.34. The Morgan fingerprint density at radius 1 is 1.14 bits per heavy atom. The third kappa shape index (κ3) is 3.91. The van der Waals surface area contributed by atoms with Crippen molar-refractivity contribution in [3.63, 3.8) is 0 Å². The molecule has 4 rings (SSSR count). The number of pyridine rings is 2. The van der Waals surface area contributed by atoms with Crippen molar-refractivity contribution in [3.8, 4) is 28.6 Å². The molecule has 29 heavy (non-hydrogen) atoms. The normalized spacial score (nSPS) is 13.3. The molecule has 8 heteroatoms. The van der Waals surface area contributed by atoms with Crippen LogP contribution in [0.5, 0.6) is 17.4 Å². The topological polar surface area (TPSA) is 91.3 Å². The van der Waals surface area contributed by atoms with Crippen LogP contribution in [0.25, 0.3) is 11.3 Å². The van der Waals surface area contributed by atoms with Gasteiger partial charge in [0.15, 0.2) is 5.75 Å². The summed E-state index contributed by atoms with van der Waals surface area (Å²) >= 11 is 0. The first-order chi connectivity index (χ1) is 14.2. The van der Waals surface area contributed by atoms with E-state index in [9.17, 15) is 0 Å². The lowest BCUT2D eigenvalue weighted by atomic mass is 10.00. The van der Waals surface area contributed by atoms with Gasteiger partial charge in [-0.25, -0.2) is 15.0 Å². The minimum absolute atomic E-state index is 0.242. The molecule has 0 aliphatic carbocycles. The van der Waals surface area contributed by atoms with Crippen LogP contribution in [0.2, 0.25) is 0 Å². The molecule has 0 radical (unpaired) electrons. The van der Waals surface area contributed by atoms with Gasteiger partial charge in [0.2, 0.25) is 0 Å². The first-order valence-corrected chi connectivity index (χ1v) is 9.44. The molecule has 1 N–H and O–H groups in total. The molecule has 0 saturated carbocycles. The van der Waals surface area contributed by atoms with Gasteiger partial charge in [-0.2, -0.15) is 0 Å². The fourth-order valence-corrected chi connectivity index (χ4v) is 3.34. The van der Waals surface area contributed by atoms with Crippen molar-refractivity contribution in [3.05, 3.63) is 48.2 Å². The second kappa shape index (κ2) is 8.30. The van der Waals surface area contributed by atoms with Crippen molar-refractivity contribution in [2.45, 2.75) is 19.3 Å². The van der Waals surface area contributed by atoms with E-state index in [1.807, 2.05) is 24.4 Å². The number of fused-ring (bicyclic) bond motifs is 1. The lowest BCUT2D eigenvalue weighted by molar-refractivity contribution is 0.343. The number of nitrogens with one attached hydrogen (secondary N) is 1. The molecule has 4 heterocycles. The van der Waals surface area contributed by atoms with E-state index in [0.29, 0.717) is 24.8 Å². The van der Waals surface area contributed by atoms with Crippen molar-refractivity contribution in [2.75, 3.05) is 32.7 Å². The Balaban J connectivity index is 1.49. The van der Waals surface area contributed by atoms with E-state index >= 15 is 0 Å². The molecule has 1 atom stereocenters. The summed E-state index contributed by atoms with van der Waals surface area (Å²) < 4.78 is 16.3. The van der Waals surface area contributed by atoms with Gasteiger partial charge < -0.3 is 19.5 Å². The molecule has 0 saturated heterocycles. The highest BCUT2D eigenvalue weighted by Crippen LogP contribution is 2.33. The Labute approximate surface area is 169 Å². The lowest BCUT2D eigenvalue weighted by Gasteiger charge is -2.16. The van der Waals surface area contributed by atoms with Crippen molar-refractivity contribution >= 4 is 5.82 Å². The van der Waals surface area contributed by atoms with Gasteiger partial charge >= 0.3 is 0 Å².